The minimum atomic E-state index is -0.172. The lowest BCUT2D eigenvalue weighted by Crippen LogP contribution is -2.23. The zero-order valence-corrected chi connectivity index (χ0v) is 13.7. The van der Waals surface area contributed by atoms with Crippen LogP contribution in [-0.4, -0.2) is 22.3 Å². The number of hydrogen-bond donors (Lipinski definition) is 1. The highest BCUT2D eigenvalue weighted by Gasteiger charge is 2.30. The fourth-order valence-electron chi connectivity index (χ4n) is 2.67. The van der Waals surface area contributed by atoms with Crippen LogP contribution in [0.4, 0.5) is 5.82 Å². The molecule has 0 aliphatic heterocycles. The van der Waals surface area contributed by atoms with Crippen molar-refractivity contribution >= 4 is 11.7 Å². The van der Waals surface area contributed by atoms with Gasteiger partial charge in [0.15, 0.2) is 6.61 Å². The summed E-state index contributed by atoms with van der Waals surface area (Å²) >= 11 is 0. The lowest BCUT2D eigenvalue weighted by molar-refractivity contribution is -0.118. The summed E-state index contributed by atoms with van der Waals surface area (Å²) < 4.78 is 7.43. The first kappa shape index (κ1) is 15.6. The van der Waals surface area contributed by atoms with E-state index in [2.05, 4.69) is 24.3 Å². The van der Waals surface area contributed by atoms with Gasteiger partial charge in [-0.15, -0.1) is 0 Å². The number of amides is 1. The lowest BCUT2D eigenvalue weighted by atomic mass is 10.2. The highest BCUT2D eigenvalue weighted by molar-refractivity contribution is 5.91. The van der Waals surface area contributed by atoms with Crippen molar-refractivity contribution in [3.63, 3.8) is 0 Å². The molecule has 1 fully saturated rings. The summed E-state index contributed by atoms with van der Waals surface area (Å²) in [6, 6.07) is 9.96. The number of nitrogens with zero attached hydrogens (tertiary/aromatic N) is 2. The smallest absolute Gasteiger partial charge is 0.263 e. The molecule has 1 aliphatic rings. The Bertz CT molecular complexity index is 659. The number of carbonyl (C=O) groups excluding carboxylic acids is 1. The van der Waals surface area contributed by atoms with Gasteiger partial charge < -0.3 is 10.1 Å². The molecule has 1 saturated carbocycles. The number of aryl methyl sites for hydroxylation is 1. The number of hydrogen-bond acceptors (Lipinski definition) is 3. The van der Waals surface area contributed by atoms with Gasteiger partial charge in [0.05, 0.1) is 12.2 Å². The van der Waals surface area contributed by atoms with E-state index in [1.807, 2.05) is 35.0 Å². The Balaban J connectivity index is 1.54. The number of benzene rings is 1. The summed E-state index contributed by atoms with van der Waals surface area (Å²) in [5.41, 5.74) is 1.25. The molecule has 0 saturated heterocycles. The van der Waals surface area contributed by atoms with Gasteiger partial charge in [-0.25, -0.2) is 4.68 Å². The van der Waals surface area contributed by atoms with E-state index in [9.17, 15) is 4.79 Å². The fraction of sp³-hybridized carbons (Fsp3) is 0.444. The lowest BCUT2D eigenvalue weighted by Gasteiger charge is -2.15. The molecule has 1 atom stereocenters. The van der Waals surface area contributed by atoms with E-state index in [4.69, 9.17) is 4.74 Å². The number of ether oxygens (including phenoxy) is 1. The Morgan fingerprint density at radius 1 is 1.35 bits per heavy atom. The molecule has 0 radical (unpaired) electrons. The van der Waals surface area contributed by atoms with Crippen LogP contribution in [0.15, 0.2) is 36.5 Å². The highest BCUT2D eigenvalue weighted by Crippen LogP contribution is 2.40. The Kier molecular flexibility index (Phi) is 4.65. The second kappa shape index (κ2) is 6.86. The Morgan fingerprint density at radius 3 is 2.74 bits per heavy atom. The third-order valence-electron chi connectivity index (χ3n) is 4.33. The first-order chi connectivity index (χ1) is 11.2. The summed E-state index contributed by atoms with van der Waals surface area (Å²) in [7, 11) is 0. The van der Waals surface area contributed by atoms with Gasteiger partial charge in [0, 0.05) is 6.07 Å². The van der Waals surface area contributed by atoms with E-state index in [1.54, 1.807) is 6.20 Å². The number of carbonyl (C=O) groups is 1. The average molecular weight is 313 g/mol. The van der Waals surface area contributed by atoms with Crippen LogP contribution < -0.4 is 10.1 Å². The molecule has 1 N–H and O–H groups in total. The van der Waals surface area contributed by atoms with Gasteiger partial charge in [0.25, 0.3) is 5.91 Å². The van der Waals surface area contributed by atoms with Crippen molar-refractivity contribution in [1.82, 2.24) is 9.78 Å². The van der Waals surface area contributed by atoms with Crippen molar-refractivity contribution < 1.29 is 9.53 Å². The van der Waals surface area contributed by atoms with Crippen LogP contribution in [0, 0.1) is 5.92 Å². The maximum Gasteiger partial charge on any atom is 0.263 e. The molecular weight excluding hydrogens is 290 g/mol. The van der Waals surface area contributed by atoms with Gasteiger partial charge in [-0.1, -0.05) is 19.1 Å². The normalized spacial score (nSPS) is 15.2. The van der Waals surface area contributed by atoms with Crippen molar-refractivity contribution in [1.29, 1.82) is 0 Å². The van der Waals surface area contributed by atoms with Gasteiger partial charge >= 0.3 is 0 Å². The van der Waals surface area contributed by atoms with Crippen molar-refractivity contribution in [3.05, 3.63) is 42.1 Å². The molecule has 0 spiro atoms. The maximum atomic E-state index is 12.1. The SMILES string of the molecule is CCc1ccc(OCC(=O)Nc2ccnn2C(C)C2CC2)cc1. The van der Waals surface area contributed by atoms with Crippen LogP contribution in [0.1, 0.15) is 38.3 Å². The van der Waals surface area contributed by atoms with E-state index in [0.29, 0.717) is 17.7 Å². The van der Waals surface area contributed by atoms with E-state index >= 15 is 0 Å². The molecule has 1 aromatic heterocycles. The molecule has 0 bridgehead atoms. The molecule has 1 aliphatic carbocycles. The fourth-order valence-corrected chi connectivity index (χ4v) is 2.67. The van der Waals surface area contributed by atoms with Gasteiger partial charge in [0.2, 0.25) is 0 Å². The molecule has 23 heavy (non-hydrogen) atoms. The standard InChI is InChI=1S/C18H23N3O2/c1-3-14-4-8-16(9-5-14)23-12-18(22)20-17-10-11-19-21(17)13(2)15-6-7-15/h4-5,8-11,13,15H,3,6-7,12H2,1-2H3,(H,20,22). The second-order valence-electron chi connectivity index (χ2n) is 6.07. The number of nitrogens with one attached hydrogen (secondary N) is 1. The maximum absolute atomic E-state index is 12.1. The Labute approximate surface area is 136 Å². The summed E-state index contributed by atoms with van der Waals surface area (Å²) in [4.78, 5) is 12.1. The Hall–Kier alpha value is -2.30. The minimum Gasteiger partial charge on any atom is -0.484 e. The number of anilines is 1. The van der Waals surface area contributed by atoms with E-state index in [0.717, 1.165) is 12.2 Å². The molecule has 1 unspecified atom stereocenters. The van der Waals surface area contributed by atoms with Crippen LogP contribution in [0.25, 0.3) is 0 Å². The van der Waals surface area contributed by atoms with Crippen LogP contribution >= 0.6 is 0 Å². The van der Waals surface area contributed by atoms with Crippen LogP contribution in [0.5, 0.6) is 5.75 Å². The molecule has 1 heterocycles. The van der Waals surface area contributed by atoms with E-state index in [-0.39, 0.29) is 12.5 Å². The monoisotopic (exact) mass is 313 g/mol. The molecule has 1 aromatic carbocycles. The van der Waals surface area contributed by atoms with Crippen LogP contribution in [0.3, 0.4) is 0 Å². The minimum absolute atomic E-state index is 0.00549. The first-order valence-electron chi connectivity index (χ1n) is 8.22. The molecule has 2 aromatic rings. The van der Waals surface area contributed by atoms with Crippen molar-refractivity contribution in [3.8, 4) is 5.75 Å². The summed E-state index contributed by atoms with van der Waals surface area (Å²) in [5, 5.41) is 7.21. The quantitative estimate of drug-likeness (QED) is 0.852. The largest absolute Gasteiger partial charge is 0.484 e. The topological polar surface area (TPSA) is 56.1 Å². The molecule has 1 amide bonds. The summed E-state index contributed by atoms with van der Waals surface area (Å²) in [5.74, 6) is 1.95. The van der Waals surface area contributed by atoms with Crippen molar-refractivity contribution in [2.24, 2.45) is 5.92 Å². The third-order valence-corrected chi connectivity index (χ3v) is 4.33. The van der Waals surface area contributed by atoms with Crippen molar-refractivity contribution in [2.75, 3.05) is 11.9 Å². The third kappa shape index (κ3) is 3.92. The van der Waals surface area contributed by atoms with Gasteiger partial charge in [-0.2, -0.15) is 5.10 Å². The molecule has 5 heteroatoms. The Morgan fingerprint density at radius 2 is 2.09 bits per heavy atom. The highest BCUT2D eigenvalue weighted by atomic mass is 16.5. The predicted octanol–water partition coefficient (Wildman–Crippen LogP) is 3.43. The van der Waals surface area contributed by atoms with Crippen LogP contribution in [-0.2, 0) is 11.2 Å². The molecule has 5 nitrogen and oxygen atoms in total. The zero-order chi connectivity index (χ0) is 16.2. The number of aromatic nitrogens is 2. The zero-order valence-electron chi connectivity index (χ0n) is 13.7. The summed E-state index contributed by atoms with van der Waals surface area (Å²) in [6.07, 6.45) is 5.19. The van der Waals surface area contributed by atoms with Gasteiger partial charge in [0.1, 0.15) is 11.6 Å². The molecule has 122 valence electrons. The van der Waals surface area contributed by atoms with E-state index in [1.165, 1.54) is 18.4 Å². The first-order valence-corrected chi connectivity index (χ1v) is 8.22. The van der Waals surface area contributed by atoms with Crippen molar-refractivity contribution in [2.45, 2.75) is 39.2 Å². The molecular formula is C18H23N3O2. The second-order valence-corrected chi connectivity index (χ2v) is 6.07. The van der Waals surface area contributed by atoms with Gasteiger partial charge in [-0.3, -0.25) is 4.79 Å². The molecule has 3 rings (SSSR count). The average Bonchev–Trinajstić information content (AvgIpc) is 3.33. The number of rotatable bonds is 7. The predicted molar refractivity (Wildman–Crippen MR) is 89.6 cm³/mol. The summed E-state index contributed by atoms with van der Waals surface area (Å²) in [6.45, 7) is 4.25. The van der Waals surface area contributed by atoms with E-state index < -0.39 is 0 Å². The van der Waals surface area contributed by atoms with Crippen LogP contribution in [0.2, 0.25) is 0 Å². The van der Waals surface area contributed by atoms with Gasteiger partial charge in [-0.05, 0) is 49.8 Å².